The second-order valence-corrected chi connectivity index (χ2v) is 5.28. The Labute approximate surface area is 103 Å². The van der Waals surface area contributed by atoms with Crippen LogP contribution in [-0.4, -0.2) is 17.9 Å². The van der Waals surface area contributed by atoms with Crippen molar-refractivity contribution in [1.29, 1.82) is 0 Å². The summed E-state index contributed by atoms with van der Waals surface area (Å²) in [7, 11) is 0. The minimum absolute atomic E-state index is 0.0944. The van der Waals surface area contributed by atoms with Gasteiger partial charge in [0.25, 0.3) is 0 Å². The molecule has 1 fully saturated rings. The maximum Gasteiger partial charge on any atom is 0.313 e. The molecule has 3 nitrogen and oxygen atoms in total. The molecule has 0 aliphatic heterocycles. The Kier molecular flexibility index (Phi) is 4.91. The van der Waals surface area contributed by atoms with Crippen molar-refractivity contribution in [2.75, 3.05) is 0 Å². The van der Waals surface area contributed by atoms with Gasteiger partial charge in [0.1, 0.15) is 18.3 Å². The Morgan fingerprint density at radius 1 is 1.29 bits per heavy atom. The Morgan fingerprint density at radius 2 is 1.94 bits per heavy atom. The average molecular weight is 238 g/mol. The van der Waals surface area contributed by atoms with Crippen molar-refractivity contribution in [3.63, 3.8) is 0 Å². The van der Waals surface area contributed by atoms with E-state index in [1.165, 1.54) is 6.92 Å². The lowest BCUT2D eigenvalue weighted by Gasteiger charge is -2.34. The monoisotopic (exact) mass is 238 g/mol. The predicted molar refractivity (Wildman–Crippen MR) is 66.5 cm³/mol. The first kappa shape index (κ1) is 13.9. The van der Waals surface area contributed by atoms with E-state index in [0.29, 0.717) is 5.92 Å². The van der Waals surface area contributed by atoms with Crippen LogP contribution in [0.25, 0.3) is 0 Å². The van der Waals surface area contributed by atoms with Gasteiger partial charge in [0.15, 0.2) is 0 Å². The second kappa shape index (κ2) is 5.99. The summed E-state index contributed by atoms with van der Waals surface area (Å²) < 4.78 is 5.43. The fourth-order valence-electron chi connectivity index (χ4n) is 2.44. The molecule has 17 heavy (non-hydrogen) atoms. The molecule has 0 spiro atoms. The molecule has 96 valence electrons. The van der Waals surface area contributed by atoms with Crippen molar-refractivity contribution >= 4 is 11.8 Å². The van der Waals surface area contributed by atoms with Crippen molar-refractivity contribution in [3.05, 3.63) is 12.2 Å². The van der Waals surface area contributed by atoms with Gasteiger partial charge in [0.2, 0.25) is 0 Å². The molecular weight excluding hydrogens is 216 g/mol. The molecule has 0 saturated heterocycles. The Hall–Kier alpha value is -1.12. The summed E-state index contributed by atoms with van der Waals surface area (Å²) in [5, 5.41) is 0. The lowest BCUT2D eigenvalue weighted by molar-refractivity contribution is -0.154. The number of hydrogen-bond donors (Lipinski definition) is 0. The normalized spacial score (nSPS) is 28.5. The summed E-state index contributed by atoms with van der Waals surface area (Å²) in [4.78, 5) is 22.4. The van der Waals surface area contributed by atoms with Crippen LogP contribution in [0.15, 0.2) is 12.2 Å². The van der Waals surface area contributed by atoms with Crippen LogP contribution in [0.5, 0.6) is 0 Å². The third-order valence-electron chi connectivity index (χ3n) is 3.36. The van der Waals surface area contributed by atoms with Crippen molar-refractivity contribution in [3.8, 4) is 0 Å². The van der Waals surface area contributed by atoms with Crippen LogP contribution in [0.3, 0.4) is 0 Å². The molecule has 3 heteroatoms. The van der Waals surface area contributed by atoms with E-state index in [4.69, 9.17) is 4.74 Å². The van der Waals surface area contributed by atoms with Gasteiger partial charge in [-0.2, -0.15) is 0 Å². The SMILES string of the molecule is C=C(C)C1CCC(C)CC1OC(=O)CC(C)=O. The highest BCUT2D eigenvalue weighted by molar-refractivity contribution is 5.94. The highest BCUT2D eigenvalue weighted by atomic mass is 16.5. The van der Waals surface area contributed by atoms with E-state index in [0.717, 1.165) is 24.8 Å². The van der Waals surface area contributed by atoms with Crippen LogP contribution in [0.4, 0.5) is 0 Å². The van der Waals surface area contributed by atoms with Crippen molar-refractivity contribution in [2.45, 2.75) is 52.6 Å². The number of ketones is 1. The van der Waals surface area contributed by atoms with Crippen LogP contribution >= 0.6 is 0 Å². The van der Waals surface area contributed by atoms with E-state index in [9.17, 15) is 9.59 Å². The first-order chi connectivity index (χ1) is 7.90. The van der Waals surface area contributed by atoms with Gasteiger partial charge >= 0.3 is 5.97 Å². The highest BCUT2D eigenvalue weighted by Crippen LogP contribution is 2.34. The fourth-order valence-corrected chi connectivity index (χ4v) is 2.44. The summed E-state index contributed by atoms with van der Waals surface area (Å²) in [5.74, 6) is 0.274. The van der Waals surface area contributed by atoms with Crippen molar-refractivity contribution in [1.82, 2.24) is 0 Å². The molecule has 0 heterocycles. The quantitative estimate of drug-likeness (QED) is 0.429. The molecule has 1 rings (SSSR count). The van der Waals surface area contributed by atoms with Gasteiger partial charge in [-0.15, -0.1) is 0 Å². The van der Waals surface area contributed by atoms with Gasteiger partial charge in [-0.1, -0.05) is 19.1 Å². The van der Waals surface area contributed by atoms with Crippen molar-refractivity contribution in [2.24, 2.45) is 11.8 Å². The zero-order valence-electron chi connectivity index (χ0n) is 11.0. The topological polar surface area (TPSA) is 43.4 Å². The molecule has 1 saturated carbocycles. The zero-order valence-corrected chi connectivity index (χ0v) is 11.0. The molecule has 3 unspecified atom stereocenters. The van der Waals surface area contributed by atoms with E-state index in [1.807, 2.05) is 6.92 Å². The molecule has 0 N–H and O–H groups in total. The van der Waals surface area contributed by atoms with Crippen LogP contribution in [0, 0.1) is 11.8 Å². The molecule has 1 aliphatic rings. The lowest BCUT2D eigenvalue weighted by atomic mass is 9.77. The Morgan fingerprint density at radius 3 is 2.47 bits per heavy atom. The van der Waals surface area contributed by atoms with E-state index in [1.54, 1.807) is 0 Å². The molecule has 0 radical (unpaired) electrons. The van der Waals surface area contributed by atoms with E-state index >= 15 is 0 Å². The minimum atomic E-state index is -0.400. The number of esters is 1. The van der Waals surface area contributed by atoms with Crippen LogP contribution in [0.1, 0.15) is 46.5 Å². The standard InChI is InChI=1S/C14H22O3/c1-9(2)12-6-5-10(3)7-13(12)17-14(16)8-11(4)15/h10,12-13H,1,5-8H2,2-4H3. The zero-order chi connectivity index (χ0) is 13.0. The van der Waals surface area contributed by atoms with Gasteiger partial charge in [0, 0.05) is 5.92 Å². The Bertz CT molecular complexity index is 319. The number of rotatable bonds is 4. The minimum Gasteiger partial charge on any atom is -0.461 e. The maximum atomic E-state index is 11.5. The highest BCUT2D eigenvalue weighted by Gasteiger charge is 2.31. The number of hydrogen-bond acceptors (Lipinski definition) is 3. The summed E-state index contributed by atoms with van der Waals surface area (Å²) in [6, 6.07) is 0. The largest absolute Gasteiger partial charge is 0.461 e. The molecule has 1 aliphatic carbocycles. The van der Waals surface area contributed by atoms with Gasteiger partial charge < -0.3 is 4.74 Å². The summed E-state index contributed by atoms with van der Waals surface area (Å²) in [5.41, 5.74) is 1.07. The predicted octanol–water partition coefficient (Wildman–Crippen LogP) is 2.89. The van der Waals surface area contributed by atoms with Crippen LogP contribution in [-0.2, 0) is 14.3 Å². The molecule has 0 bridgehead atoms. The van der Waals surface area contributed by atoms with Gasteiger partial charge in [-0.25, -0.2) is 0 Å². The fraction of sp³-hybridized carbons (Fsp3) is 0.714. The smallest absolute Gasteiger partial charge is 0.313 e. The summed E-state index contributed by atoms with van der Waals surface area (Å²) >= 11 is 0. The number of carbonyl (C=O) groups excluding carboxylic acids is 2. The lowest BCUT2D eigenvalue weighted by Crippen LogP contribution is -2.33. The van der Waals surface area contributed by atoms with E-state index in [-0.39, 0.29) is 24.2 Å². The Balaban J connectivity index is 2.60. The average Bonchev–Trinajstić information content (AvgIpc) is 2.15. The molecule has 0 aromatic rings. The molecular formula is C14H22O3. The second-order valence-electron chi connectivity index (χ2n) is 5.28. The third-order valence-corrected chi connectivity index (χ3v) is 3.36. The number of Topliss-reactive ketones (excluding diaryl/α,β-unsaturated/α-hetero) is 1. The van der Waals surface area contributed by atoms with Gasteiger partial charge in [-0.3, -0.25) is 9.59 Å². The summed E-state index contributed by atoms with van der Waals surface area (Å²) in [6.45, 7) is 9.51. The van der Waals surface area contributed by atoms with Crippen LogP contribution < -0.4 is 0 Å². The number of ether oxygens (including phenoxy) is 1. The molecule has 0 aromatic heterocycles. The third kappa shape index (κ3) is 4.33. The van der Waals surface area contributed by atoms with Gasteiger partial charge in [-0.05, 0) is 39.0 Å². The first-order valence-electron chi connectivity index (χ1n) is 6.24. The maximum absolute atomic E-state index is 11.5. The van der Waals surface area contributed by atoms with E-state index in [2.05, 4.69) is 13.5 Å². The van der Waals surface area contributed by atoms with Crippen LogP contribution in [0.2, 0.25) is 0 Å². The molecule has 0 aromatic carbocycles. The van der Waals surface area contributed by atoms with Crippen molar-refractivity contribution < 1.29 is 14.3 Å². The molecule has 0 amide bonds. The molecule has 3 atom stereocenters. The number of carbonyl (C=O) groups is 2. The summed E-state index contributed by atoms with van der Waals surface area (Å²) in [6.07, 6.45) is 2.84. The van der Waals surface area contributed by atoms with E-state index < -0.39 is 5.97 Å². The van der Waals surface area contributed by atoms with Gasteiger partial charge in [0.05, 0.1) is 0 Å². The first-order valence-corrected chi connectivity index (χ1v) is 6.24.